The predicted octanol–water partition coefficient (Wildman–Crippen LogP) is 2.08. The number of methoxy groups -OCH3 is 1. The monoisotopic (exact) mass is 301 g/mol. The molecule has 1 aliphatic heterocycles. The number of amides is 1. The molecule has 2 heterocycles. The quantitative estimate of drug-likeness (QED) is 0.934. The maximum absolute atomic E-state index is 12.4. The van der Waals surface area contributed by atoms with Gasteiger partial charge in [0, 0.05) is 5.56 Å². The van der Waals surface area contributed by atoms with E-state index in [0.717, 1.165) is 0 Å². The maximum atomic E-state index is 12.4. The molecule has 22 heavy (non-hydrogen) atoms. The van der Waals surface area contributed by atoms with E-state index in [4.69, 9.17) is 14.2 Å². The summed E-state index contributed by atoms with van der Waals surface area (Å²) >= 11 is 0. The van der Waals surface area contributed by atoms with Crippen molar-refractivity contribution in [3.63, 3.8) is 0 Å². The van der Waals surface area contributed by atoms with Crippen LogP contribution in [-0.2, 0) is 0 Å². The van der Waals surface area contributed by atoms with Crippen LogP contribution in [0.1, 0.15) is 21.7 Å². The number of carbonyl (C=O) groups excluding carboxylic acids is 1. The normalized spacial score (nSPS) is 12.1. The number of rotatable bonds is 3. The second-order valence-electron chi connectivity index (χ2n) is 4.78. The summed E-state index contributed by atoms with van der Waals surface area (Å²) in [5.74, 6) is 0.932. The van der Waals surface area contributed by atoms with E-state index in [2.05, 4.69) is 15.3 Å². The van der Waals surface area contributed by atoms with Gasteiger partial charge in [-0.3, -0.25) is 4.79 Å². The van der Waals surface area contributed by atoms with Crippen LogP contribution in [0.2, 0.25) is 0 Å². The molecule has 3 rings (SSSR count). The van der Waals surface area contributed by atoms with Crippen LogP contribution in [0.5, 0.6) is 17.5 Å². The summed E-state index contributed by atoms with van der Waals surface area (Å²) in [6, 6.07) is 5.31. The van der Waals surface area contributed by atoms with E-state index in [1.165, 1.54) is 7.11 Å². The molecule has 0 aliphatic carbocycles. The molecule has 0 radical (unpaired) electrons. The molecule has 0 saturated heterocycles. The van der Waals surface area contributed by atoms with Crippen LogP contribution in [0.3, 0.4) is 0 Å². The van der Waals surface area contributed by atoms with Gasteiger partial charge in [0.1, 0.15) is 0 Å². The smallest absolute Gasteiger partial charge is 0.316 e. The van der Waals surface area contributed by atoms with Gasteiger partial charge in [-0.2, -0.15) is 9.97 Å². The van der Waals surface area contributed by atoms with Crippen molar-refractivity contribution >= 4 is 11.6 Å². The first kappa shape index (κ1) is 14.1. The van der Waals surface area contributed by atoms with Crippen LogP contribution in [-0.4, -0.2) is 29.8 Å². The minimum absolute atomic E-state index is 0.172. The maximum Gasteiger partial charge on any atom is 0.316 e. The molecule has 2 aromatic rings. The van der Waals surface area contributed by atoms with Gasteiger partial charge in [0.05, 0.1) is 24.2 Å². The summed E-state index contributed by atoms with van der Waals surface area (Å²) in [5, 5.41) is 2.82. The summed E-state index contributed by atoms with van der Waals surface area (Å²) in [7, 11) is 1.50. The number of benzene rings is 1. The average molecular weight is 301 g/mol. The lowest BCUT2D eigenvalue weighted by Gasteiger charge is -2.11. The Bertz CT molecular complexity index is 723. The lowest BCUT2D eigenvalue weighted by Crippen LogP contribution is -2.15. The van der Waals surface area contributed by atoms with Gasteiger partial charge in [-0.15, -0.1) is 0 Å². The topological polar surface area (TPSA) is 82.6 Å². The molecule has 0 fully saturated rings. The number of aryl methyl sites for hydroxylation is 2. The molecular weight excluding hydrogens is 286 g/mol. The number of ether oxygens (including phenoxy) is 3. The van der Waals surface area contributed by atoms with Crippen LogP contribution in [0.25, 0.3) is 0 Å². The minimum atomic E-state index is -0.265. The van der Waals surface area contributed by atoms with Crippen LogP contribution in [0, 0.1) is 13.8 Å². The van der Waals surface area contributed by atoms with E-state index in [9.17, 15) is 4.79 Å². The second-order valence-corrected chi connectivity index (χ2v) is 4.78. The van der Waals surface area contributed by atoms with Crippen molar-refractivity contribution in [3.8, 4) is 17.5 Å². The largest absolute Gasteiger partial charge is 0.467 e. The Balaban J connectivity index is 1.85. The van der Waals surface area contributed by atoms with Crippen molar-refractivity contribution in [1.82, 2.24) is 9.97 Å². The van der Waals surface area contributed by atoms with Crippen LogP contribution in [0.4, 0.5) is 5.69 Å². The van der Waals surface area contributed by atoms with E-state index in [0.29, 0.717) is 34.1 Å². The number of hydrogen-bond acceptors (Lipinski definition) is 6. The average Bonchev–Trinajstić information content (AvgIpc) is 2.97. The van der Waals surface area contributed by atoms with E-state index in [1.54, 1.807) is 32.0 Å². The molecule has 1 N–H and O–H groups in total. The van der Waals surface area contributed by atoms with Crippen molar-refractivity contribution in [2.75, 3.05) is 19.2 Å². The summed E-state index contributed by atoms with van der Waals surface area (Å²) < 4.78 is 15.5. The summed E-state index contributed by atoms with van der Waals surface area (Å²) in [6.07, 6.45) is 0. The van der Waals surface area contributed by atoms with Gasteiger partial charge < -0.3 is 19.5 Å². The first-order valence-electron chi connectivity index (χ1n) is 6.68. The van der Waals surface area contributed by atoms with E-state index in [1.807, 2.05) is 0 Å². The molecule has 1 aliphatic rings. The van der Waals surface area contributed by atoms with Gasteiger partial charge in [-0.05, 0) is 32.0 Å². The van der Waals surface area contributed by atoms with Crippen LogP contribution in [0.15, 0.2) is 18.2 Å². The molecule has 0 atom stereocenters. The zero-order valence-electron chi connectivity index (χ0n) is 12.5. The zero-order valence-corrected chi connectivity index (χ0v) is 12.5. The lowest BCUT2D eigenvalue weighted by atomic mass is 10.1. The van der Waals surface area contributed by atoms with Crippen LogP contribution >= 0.6 is 0 Å². The Hall–Kier alpha value is -2.83. The third-order valence-electron chi connectivity index (χ3n) is 3.31. The number of fused-ring (bicyclic) bond motifs is 1. The zero-order chi connectivity index (χ0) is 15.7. The molecule has 1 amide bonds. The molecule has 0 saturated carbocycles. The molecular formula is C15H15N3O4. The molecule has 1 aromatic heterocycles. The van der Waals surface area contributed by atoms with Crippen molar-refractivity contribution in [2.45, 2.75) is 13.8 Å². The van der Waals surface area contributed by atoms with E-state index < -0.39 is 0 Å². The van der Waals surface area contributed by atoms with Crippen molar-refractivity contribution in [3.05, 3.63) is 35.2 Å². The number of aromatic nitrogens is 2. The van der Waals surface area contributed by atoms with E-state index in [-0.39, 0.29) is 18.7 Å². The highest BCUT2D eigenvalue weighted by atomic mass is 16.7. The van der Waals surface area contributed by atoms with Gasteiger partial charge in [-0.25, -0.2) is 0 Å². The molecule has 1 aromatic carbocycles. The Morgan fingerprint density at radius 1 is 1.18 bits per heavy atom. The van der Waals surface area contributed by atoms with E-state index >= 15 is 0 Å². The third-order valence-corrected chi connectivity index (χ3v) is 3.31. The van der Waals surface area contributed by atoms with Crippen molar-refractivity contribution in [2.24, 2.45) is 0 Å². The highest BCUT2D eigenvalue weighted by molar-refractivity contribution is 6.05. The lowest BCUT2D eigenvalue weighted by molar-refractivity contribution is 0.102. The molecule has 0 unspecified atom stereocenters. The van der Waals surface area contributed by atoms with Gasteiger partial charge in [0.2, 0.25) is 6.79 Å². The Morgan fingerprint density at radius 3 is 2.55 bits per heavy atom. The molecule has 0 bridgehead atoms. The Labute approximate surface area is 127 Å². The molecule has 114 valence electrons. The number of carbonyl (C=O) groups is 1. The van der Waals surface area contributed by atoms with Crippen LogP contribution < -0.4 is 19.5 Å². The van der Waals surface area contributed by atoms with Gasteiger partial charge >= 0.3 is 6.01 Å². The highest BCUT2D eigenvalue weighted by Crippen LogP contribution is 2.32. The summed E-state index contributed by atoms with van der Waals surface area (Å²) in [6.45, 7) is 3.74. The third kappa shape index (κ3) is 2.52. The number of anilines is 1. The molecule has 0 spiro atoms. The standard InChI is InChI=1S/C15H15N3O4/c1-8-13(9(2)17-15(16-8)20-3)18-14(19)10-4-5-11-12(6-10)22-7-21-11/h4-6H,7H2,1-3H3,(H,18,19). The minimum Gasteiger partial charge on any atom is -0.467 e. The first-order chi connectivity index (χ1) is 10.6. The number of nitrogens with one attached hydrogen (secondary N) is 1. The summed E-state index contributed by atoms with van der Waals surface area (Å²) in [4.78, 5) is 20.7. The second kappa shape index (κ2) is 5.51. The summed E-state index contributed by atoms with van der Waals surface area (Å²) in [5.41, 5.74) is 2.32. The molecule has 7 nitrogen and oxygen atoms in total. The van der Waals surface area contributed by atoms with Crippen molar-refractivity contribution < 1.29 is 19.0 Å². The highest BCUT2D eigenvalue weighted by Gasteiger charge is 2.18. The first-order valence-corrected chi connectivity index (χ1v) is 6.68. The number of nitrogens with zero attached hydrogens (tertiary/aromatic N) is 2. The SMILES string of the molecule is COc1nc(C)c(NC(=O)c2ccc3c(c2)OCO3)c(C)n1. The van der Waals surface area contributed by atoms with Gasteiger partial charge in [0.15, 0.2) is 11.5 Å². The Kier molecular flexibility index (Phi) is 3.54. The fourth-order valence-electron chi connectivity index (χ4n) is 2.18. The molecule has 7 heteroatoms. The fraction of sp³-hybridized carbons (Fsp3) is 0.267. The number of hydrogen-bond donors (Lipinski definition) is 1. The van der Waals surface area contributed by atoms with Gasteiger partial charge in [-0.1, -0.05) is 0 Å². The predicted molar refractivity (Wildman–Crippen MR) is 78.6 cm³/mol. The Morgan fingerprint density at radius 2 is 1.86 bits per heavy atom. The van der Waals surface area contributed by atoms with Crippen molar-refractivity contribution in [1.29, 1.82) is 0 Å². The fourth-order valence-corrected chi connectivity index (χ4v) is 2.18. The van der Waals surface area contributed by atoms with Gasteiger partial charge in [0.25, 0.3) is 5.91 Å².